The topological polar surface area (TPSA) is 0 Å². The van der Waals surface area contributed by atoms with E-state index in [2.05, 4.69) is 0 Å². The summed E-state index contributed by atoms with van der Waals surface area (Å²) in [5.74, 6) is -19.0. The van der Waals surface area contributed by atoms with E-state index in [1.165, 1.54) is 22.6 Å². The lowest BCUT2D eigenvalue weighted by atomic mass is 9.96. The Labute approximate surface area is 161 Å². The van der Waals surface area contributed by atoms with E-state index in [4.69, 9.17) is 0 Å². The van der Waals surface area contributed by atoms with Crippen LogP contribution in [-0.2, 0) is 6.42 Å². The fourth-order valence-corrected chi connectivity index (χ4v) is 3.57. The smallest absolute Gasteiger partial charge is 0.200 e. The van der Waals surface area contributed by atoms with E-state index >= 15 is 0 Å². The molecule has 0 bridgehead atoms. The lowest BCUT2D eigenvalue weighted by Crippen LogP contribution is -2.61. The highest BCUT2D eigenvalue weighted by Crippen LogP contribution is 2.54. The molecule has 0 saturated heterocycles. The number of benzene rings is 2. The SMILES string of the molecule is FC(F)(F)C(F)(F)C(F)(F)C(F)(F)CC(I)Cc1ccc2ccccc2c1. The van der Waals surface area contributed by atoms with E-state index in [9.17, 15) is 39.5 Å². The van der Waals surface area contributed by atoms with Crippen LogP contribution in [0.15, 0.2) is 42.5 Å². The van der Waals surface area contributed by atoms with Gasteiger partial charge in [0.1, 0.15) is 0 Å². The Hall–Kier alpha value is -1.20. The molecule has 0 fully saturated rings. The fourth-order valence-electron chi connectivity index (χ4n) is 2.51. The molecule has 0 aliphatic rings. The molecule has 1 atom stereocenters. The molecule has 1 unspecified atom stereocenters. The molecule has 0 nitrogen and oxygen atoms in total. The van der Waals surface area contributed by atoms with Crippen molar-refractivity contribution < 1.29 is 39.5 Å². The van der Waals surface area contributed by atoms with Gasteiger partial charge in [0.2, 0.25) is 0 Å². The Bertz CT molecular complexity index is 798. The van der Waals surface area contributed by atoms with Crippen molar-refractivity contribution >= 4 is 33.4 Å². The lowest BCUT2D eigenvalue weighted by molar-refractivity contribution is -0.396. The van der Waals surface area contributed by atoms with Gasteiger partial charge >= 0.3 is 23.9 Å². The van der Waals surface area contributed by atoms with E-state index in [0.717, 1.165) is 10.8 Å². The highest BCUT2D eigenvalue weighted by Gasteiger charge is 2.81. The molecular weight excluding hydrogens is 502 g/mol. The third kappa shape index (κ3) is 4.29. The Balaban J connectivity index is 2.18. The molecule has 0 aliphatic carbocycles. The second-order valence-corrected chi connectivity index (χ2v) is 7.80. The van der Waals surface area contributed by atoms with E-state index in [-0.39, 0.29) is 6.42 Å². The van der Waals surface area contributed by atoms with E-state index in [1.807, 2.05) is 0 Å². The summed E-state index contributed by atoms with van der Waals surface area (Å²) in [5.41, 5.74) is 0.467. The Kier molecular flexibility index (Phi) is 5.99. The summed E-state index contributed by atoms with van der Waals surface area (Å²) < 4.78 is 115. The maximum Gasteiger partial charge on any atom is 0.460 e. The molecule has 27 heavy (non-hydrogen) atoms. The van der Waals surface area contributed by atoms with Gasteiger partial charge in [-0.05, 0) is 22.8 Å². The largest absolute Gasteiger partial charge is 0.460 e. The standard InChI is InChI=1S/C17H12F9I/c18-14(19,15(20,21)16(22,23)17(24,25)26)9-13(27)8-10-5-6-11-3-1-2-4-12(11)7-10/h1-7,13H,8-9H2. The predicted octanol–water partition coefficient (Wildman–Crippen LogP) is 7.04. The molecule has 0 saturated carbocycles. The molecule has 0 aromatic heterocycles. The molecule has 0 N–H and O–H groups in total. The molecular formula is C17H12F9I. The van der Waals surface area contributed by atoms with Gasteiger partial charge in [-0.15, -0.1) is 0 Å². The maximum atomic E-state index is 13.7. The quantitative estimate of drug-likeness (QED) is 0.220. The molecule has 0 radical (unpaired) electrons. The number of halogens is 10. The van der Waals surface area contributed by atoms with Gasteiger partial charge in [-0.2, -0.15) is 39.5 Å². The summed E-state index contributed by atoms with van der Waals surface area (Å²) in [4.78, 5) is 0. The summed E-state index contributed by atoms with van der Waals surface area (Å²) in [6, 6.07) is 11.8. The zero-order valence-electron chi connectivity index (χ0n) is 13.3. The normalized spacial score (nSPS) is 15.2. The van der Waals surface area contributed by atoms with Crippen molar-refractivity contribution in [1.82, 2.24) is 0 Å². The zero-order valence-corrected chi connectivity index (χ0v) is 15.5. The van der Waals surface area contributed by atoms with Crippen molar-refractivity contribution in [3.8, 4) is 0 Å². The van der Waals surface area contributed by atoms with E-state index in [0.29, 0.717) is 5.56 Å². The minimum Gasteiger partial charge on any atom is -0.200 e. The maximum absolute atomic E-state index is 13.7. The van der Waals surface area contributed by atoms with Crippen molar-refractivity contribution in [2.75, 3.05) is 0 Å². The number of hydrogen-bond acceptors (Lipinski definition) is 0. The molecule has 0 heterocycles. The molecule has 2 rings (SSSR count). The van der Waals surface area contributed by atoms with Crippen LogP contribution < -0.4 is 0 Å². The van der Waals surface area contributed by atoms with Gasteiger partial charge in [0.05, 0.1) is 0 Å². The third-order valence-corrected chi connectivity index (χ3v) is 4.84. The molecule has 2 aromatic rings. The second-order valence-electron chi connectivity index (χ2n) is 6.04. The Morgan fingerprint density at radius 1 is 0.741 bits per heavy atom. The first-order chi connectivity index (χ1) is 12.2. The van der Waals surface area contributed by atoms with Crippen LogP contribution in [0, 0.1) is 0 Å². The lowest BCUT2D eigenvalue weighted by Gasteiger charge is -2.34. The van der Waals surface area contributed by atoms with Crippen molar-refractivity contribution in [3.63, 3.8) is 0 Å². The zero-order chi connectivity index (χ0) is 20.7. The van der Waals surface area contributed by atoms with Crippen molar-refractivity contribution in [1.29, 1.82) is 0 Å². The molecule has 2 aromatic carbocycles. The predicted molar refractivity (Wildman–Crippen MR) is 91.0 cm³/mol. The Morgan fingerprint density at radius 2 is 1.30 bits per heavy atom. The summed E-state index contributed by atoms with van der Waals surface area (Å²) in [7, 11) is 0. The Morgan fingerprint density at radius 3 is 1.85 bits per heavy atom. The second kappa shape index (κ2) is 7.32. The van der Waals surface area contributed by atoms with Crippen molar-refractivity contribution in [2.45, 2.75) is 40.7 Å². The fraction of sp³-hybridized carbons (Fsp3) is 0.412. The molecule has 0 spiro atoms. The first-order valence-corrected chi connectivity index (χ1v) is 8.75. The van der Waals surface area contributed by atoms with Crippen LogP contribution >= 0.6 is 22.6 Å². The van der Waals surface area contributed by atoms with Crippen LogP contribution in [0.4, 0.5) is 39.5 Å². The number of alkyl halides is 10. The van der Waals surface area contributed by atoms with E-state index in [1.54, 1.807) is 42.5 Å². The van der Waals surface area contributed by atoms with Gasteiger partial charge in [0, 0.05) is 10.3 Å². The average Bonchev–Trinajstić information content (AvgIpc) is 2.52. The summed E-state index contributed by atoms with van der Waals surface area (Å²) in [5, 5.41) is 1.59. The van der Waals surface area contributed by atoms with Crippen LogP contribution in [0.25, 0.3) is 10.8 Å². The molecule has 10 heteroatoms. The van der Waals surface area contributed by atoms with Gasteiger partial charge in [0.15, 0.2) is 0 Å². The van der Waals surface area contributed by atoms with Crippen LogP contribution in [-0.4, -0.2) is 27.9 Å². The summed E-state index contributed by atoms with van der Waals surface area (Å²) in [6.07, 6.45) is -8.83. The van der Waals surface area contributed by atoms with Crippen LogP contribution in [0.5, 0.6) is 0 Å². The van der Waals surface area contributed by atoms with Crippen molar-refractivity contribution in [2.24, 2.45) is 0 Å². The first-order valence-electron chi connectivity index (χ1n) is 7.51. The van der Waals surface area contributed by atoms with Gasteiger partial charge in [-0.25, -0.2) is 0 Å². The minimum atomic E-state index is -6.84. The van der Waals surface area contributed by atoms with Gasteiger partial charge < -0.3 is 0 Å². The van der Waals surface area contributed by atoms with Crippen LogP contribution in [0.1, 0.15) is 12.0 Å². The molecule has 0 amide bonds. The highest BCUT2D eigenvalue weighted by atomic mass is 127. The van der Waals surface area contributed by atoms with Gasteiger partial charge in [-0.3, -0.25) is 0 Å². The summed E-state index contributed by atoms with van der Waals surface area (Å²) >= 11 is 1.34. The average molecular weight is 514 g/mol. The monoisotopic (exact) mass is 514 g/mol. The van der Waals surface area contributed by atoms with Crippen molar-refractivity contribution in [3.05, 3.63) is 48.0 Å². The minimum absolute atomic E-state index is 0.200. The van der Waals surface area contributed by atoms with Crippen LogP contribution in [0.3, 0.4) is 0 Å². The number of rotatable bonds is 6. The van der Waals surface area contributed by atoms with E-state index < -0.39 is 34.3 Å². The summed E-state index contributed by atoms with van der Waals surface area (Å²) in [6.45, 7) is 0. The third-order valence-electron chi connectivity index (χ3n) is 3.96. The van der Waals surface area contributed by atoms with Gasteiger partial charge in [-0.1, -0.05) is 65.1 Å². The highest BCUT2D eigenvalue weighted by molar-refractivity contribution is 14.1. The first kappa shape index (κ1) is 22.1. The molecule has 150 valence electrons. The van der Waals surface area contributed by atoms with Gasteiger partial charge in [0.25, 0.3) is 0 Å². The van der Waals surface area contributed by atoms with Crippen LogP contribution in [0.2, 0.25) is 0 Å². The number of fused-ring (bicyclic) bond motifs is 1. The molecule has 0 aliphatic heterocycles. The number of hydrogen-bond donors (Lipinski definition) is 0.